The largest absolute Gasteiger partial charge is 0.481 e. The van der Waals surface area contributed by atoms with Crippen molar-refractivity contribution in [2.24, 2.45) is 5.92 Å². The highest BCUT2D eigenvalue weighted by Gasteiger charge is 2.12. The van der Waals surface area contributed by atoms with Crippen LogP contribution >= 0.6 is 47.8 Å². The van der Waals surface area contributed by atoms with E-state index in [2.05, 4.69) is 58.4 Å². The molecule has 3 N–H and O–H groups in total. The summed E-state index contributed by atoms with van der Waals surface area (Å²) in [5, 5.41) is 14.2. The van der Waals surface area contributed by atoms with Crippen LogP contribution in [0, 0.1) is 5.92 Å². The van der Waals surface area contributed by atoms with Crippen molar-refractivity contribution in [1.82, 2.24) is 5.32 Å². The number of carbonyl (C=O) groups is 2. The Kier molecular flexibility index (Phi) is 7.69. The lowest BCUT2D eigenvalue weighted by Crippen LogP contribution is -2.30. The zero-order valence-electron chi connectivity index (χ0n) is 11.3. The van der Waals surface area contributed by atoms with E-state index in [9.17, 15) is 9.59 Å². The number of carbonyl (C=O) groups excluding carboxylic acids is 1. The number of carboxylic acids is 1. The molecule has 0 fully saturated rings. The molecule has 1 aromatic rings. The van der Waals surface area contributed by atoms with E-state index in [0.29, 0.717) is 25.1 Å². The first-order chi connectivity index (χ1) is 9.81. The number of anilines is 1. The highest BCUT2D eigenvalue weighted by atomic mass is 79.9. The third-order valence-corrected chi connectivity index (χ3v) is 4.48. The molecule has 0 bridgehead atoms. The third-order valence-electron chi connectivity index (χ3n) is 2.77. The van der Waals surface area contributed by atoms with E-state index in [1.54, 1.807) is 6.92 Å². The van der Waals surface area contributed by atoms with Crippen LogP contribution in [0.3, 0.4) is 0 Å². The summed E-state index contributed by atoms with van der Waals surface area (Å²) in [6, 6.07) is 3.32. The Hall–Kier alpha value is -0.600. The van der Waals surface area contributed by atoms with Gasteiger partial charge in [-0.2, -0.15) is 0 Å². The molecule has 0 aromatic heterocycles. The molecule has 0 aliphatic rings. The molecule has 0 saturated heterocycles. The van der Waals surface area contributed by atoms with E-state index in [-0.39, 0.29) is 6.03 Å². The van der Waals surface area contributed by atoms with Gasteiger partial charge < -0.3 is 15.7 Å². The van der Waals surface area contributed by atoms with Crippen LogP contribution in [0.2, 0.25) is 0 Å². The minimum Gasteiger partial charge on any atom is -0.481 e. The summed E-state index contributed by atoms with van der Waals surface area (Å²) in [4.78, 5) is 22.4. The highest BCUT2D eigenvalue weighted by molar-refractivity contribution is 9.11. The van der Waals surface area contributed by atoms with Gasteiger partial charge in [-0.05, 0) is 56.8 Å². The first kappa shape index (κ1) is 18.4. The van der Waals surface area contributed by atoms with Gasteiger partial charge in [-0.25, -0.2) is 4.79 Å². The normalized spacial score (nSPS) is 11.8. The summed E-state index contributed by atoms with van der Waals surface area (Å²) in [6.45, 7) is 2.08. The summed E-state index contributed by atoms with van der Waals surface area (Å²) in [7, 11) is 0. The molecular formula is C13H15Br3N2O3. The van der Waals surface area contributed by atoms with Crippen LogP contribution in [-0.4, -0.2) is 23.7 Å². The lowest BCUT2D eigenvalue weighted by Gasteiger charge is -2.12. The average Bonchev–Trinajstić information content (AvgIpc) is 2.38. The van der Waals surface area contributed by atoms with Gasteiger partial charge in [0, 0.05) is 20.0 Å². The van der Waals surface area contributed by atoms with Crippen molar-refractivity contribution in [3.05, 3.63) is 25.6 Å². The number of urea groups is 1. The van der Waals surface area contributed by atoms with Crippen LogP contribution in [0.1, 0.15) is 19.8 Å². The molecule has 1 rings (SSSR count). The van der Waals surface area contributed by atoms with Crippen molar-refractivity contribution >= 4 is 65.5 Å². The second-order valence-corrected chi connectivity index (χ2v) is 7.13. The molecule has 0 spiro atoms. The summed E-state index contributed by atoms with van der Waals surface area (Å²) < 4.78 is 2.38. The highest BCUT2D eigenvalue weighted by Crippen LogP contribution is 2.34. The molecule has 21 heavy (non-hydrogen) atoms. The molecule has 5 nitrogen and oxygen atoms in total. The predicted molar refractivity (Wildman–Crippen MR) is 92.6 cm³/mol. The van der Waals surface area contributed by atoms with Crippen molar-refractivity contribution in [3.8, 4) is 0 Å². The van der Waals surface area contributed by atoms with E-state index in [4.69, 9.17) is 5.11 Å². The Morgan fingerprint density at radius 1 is 1.24 bits per heavy atom. The first-order valence-electron chi connectivity index (χ1n) is 6.23. The molecule has 1 atom stereocenters. The SMILES string of the molecule is CC(CCCNC(=O)Nc1c(Br)cc(Br)cc1Br)C(=O)O. The van der Waals surface area contributed by atoms with Gasteiger partial charge in [0.15, 0.2) is 0 Å². The first-order valence-corrected chi connectivity index (χ1v) is 8.61. The molecule has 0 aliphatic heterocycles. The smallest absolute Gasteiger partial charge is 0.319 e. The van der Waals surface area contributed by atoms with Gasteiger partial charge in [-0.3, -0.25) is 4.79 Å². The number of hydrogen-bond acceptors (Lipinski definition) is 2. The van der Waals surface area contributed by atoms with E-state index >= 15 is 0 Å². The second kappa shape index (κ2) is 8.75. The molecule has 0 heterocycles. The van der Waals surface area contributed by atoms with Crippen molar-refractivity contribution < 1.29 is 14.7 Å². The molecule has 2 amide bonds. The summed E-state index contributed by atoms with van der Waals surface area (Å²) in [6.07, 6.45) is 1.14. The monoisotopic (exact) mass is 484 g/mol. The Bertz CT molecular complexity index is 514. The number of rotatable bonds is 6. The van der Waals surface area contributed by atoms with Gasteiger partial charge >= 0.3 is 12.0 Å². The number of amides is 2. The van der Waals surface area contributed by atoms with Crippen molar-refractivity contribution in [1.29, 1.82) is 0 Å². The Labute approximate surface area is 148 Å². The number of halogens is 3. The van der Waals surface area contributed by atoms with Gasteiger partial charge in [0.05, 0.1) is 11.6 Å². The van der Waals surface area contributed by atoms with Crippen molar-refractivity contribution in [2.75, 3.05) is 11.9 Å². The molecular weight excluding hydrogens is 472 g/mol. The third kappa shape index (κ3) is 6.36. The van der Waals surface area contributed by atoms with Gasteiger partial charge in [0.25, 0.3) is 0 Å². The predicted octanol–water partition coefficient (Wildman–Crippen LogP) is 4.60. The van der Waals surface area contributed by atoms with Gasteiger partial charge in [-0.1, -0.05) is 22.9 Å². The molecule has 8 heteroatoms. The van der Waals surface area contributed by atoms with Crippen molar-refractivity contribution in [2.45, 2.75) is 19.8 Å². The van der Waals surface area contributed by atoms with Crippen LogP contribution in [0.15, 0.2) is 25.6 Å². The molecule has 0 aliphatic carbocycles. The number of benzene rings is 1. The summed E-state index contributed by atoms with van der Waals surface area (Å²) >= 11 is 10.1. The maximum atomic E-state index is 11.8. The Morgan fingerprint density at radius 2 is 1.81 bits per heavy atom. The van der Waals surface area contributed by atoms with Crippen LogP contribution < -0.4 is 10.6 Å². The van der Waals surface area contributed by atoms with Crippen LogP contribution in [0.4, 0.5) is 10.5 Å². The fourth-order valence-electron chi connectivity index (χ4n) is 1.55. The standard InChI is InChI=1S/C13H15Br3N2O3/c1-7(12(19)20)3-2-4-17-13(21)18-11-9(15)5-8(14)6-10(11)16/h5-7H,2-4H2,1H3,(H,19,20)(H2,17,18,21). The van der Waals surface area contributed by atoms with Crippen LogP contribution in [-0.2, 0) is 4.79 Å². The lowest BCUT2D eigenvalue weighted by atomic mass is 10.1. The van der Waals surface area contributed by atoms with Gasteiger partial charge in [0.1, 0.15) is 0 Å². The number of hydrogen-bond donors (Lipinski definition) is 3. The molecule has 0 saturated carbocycles. The fraction of sp³-hybridized carbons (Fsp3) is 0.385. The zero-order chi connectivity index (χ0) is 16.0. The Balaban J connectivity index is 2.43. The average molecular weight is 487 g/mol. The Morgan fingerprint density at radius 3 is 2.33 bits per heavy atom. The van der Waals surface area contributed by atoms with Crippen LogP contribution in [0.25, 0.3) is 0 Å². The second-order valence-electron chi connectivity index (χ2n) is 4.51. The molecule has 116 valence electrons. The summed E-state index contributed by atoms with van der Waals surface area (Å²) in [5.74, 6) is -1.22. The minimum atomic E-state index is -0.817. The molecule has 1 unspecified atom stereocenters. The van der Waals surface area contributed by atoms with E-state index in [0.717, 1.165) is 13.4 Å². The number of nitrogens with one attached hydrogen (secondary N) is 2. The number of carboxylic acid groups (broad SMARTS) is 1. The summed E-state index contributed by atoms with van der Waals surface area (Å²) in [5.41, 5.74) is 0.634. The number of aliphatic carboxylic acids is 1. The zero-order valence-corrected chi connectivity index (χ0v) is 16.0. The van der Waals surface area contributed by atoms with E-state index in [1.807, 2.05) is 12.1 Å². The lowest BCUT2D eigenvalue weighted by molar-refractivity contribution is -0.141. The fourth-order valence-corrected chi connectivity index (χ4v) is 4.01. The maximum Gasteiger partial charge on any atom is 0.319 e. The van der Waals surface area contributed by atoms with E-state index < -0.39 is 11.9 Å². The quantitative estimate of drug-likeness (QED) is 0.514. The van der Waals surface area contributed by atoms with Crippen LogP contribution in [0.5, 0.6) is 0 Å². The minimum absolute atomic E-state index is 0.332. The molecule has 0 radical (unpaired) electrons. The van der Waals surface area contributed by atoms with Gasteiger partial charge in [0.2, 0.25) is 0 Å². The topological polar surface area (TPSA) is 78.4 Å². The van der Waals surface area contributed by atoms with Gasteiger partial charge in [-0.15, -0.1) is 0 Å². The molecule has 1 aromatic carbocycles. The maximum absolute atomic E-state index is 11.8. The van der Waals surface area contributed by atoms with E-state index in [1.165, 1.54) is 0 Å². The van der Waals surface area contributed by atoms with Crippen molar-refractivity contribution in [3.63, 3.8) is 0 Å².